The average molecular weight is 889 g/mol. The Morgan fingerprint density at radius 1 is 0.328 bits per heavy atom. The van der Waals surface area contributed by atoms with Crippen LogP contribution < -0.4 is 0 Å². The van der Waals surface area contributed by atoms with Crippen LogP contribution in [0.25, 0.3) is 0 Å². The fraction of sp³-hybridized carbons (Fsp3) is 0.672. The maximum atomic E-state index is 12.8. The molecule has 0 aromatic carbocycles. The minimum Gasteiger partial charge on any atom is -0.462 e. The predicted octanol–water partition coefficient (Wildman–Crippen LogP) is 17.4. The van der Waals surface area contributed by atoms with Gasteiger partial charge in [-0.1, -0.05) is 221 Å². The van der Waals surface area contributed by atoms with Gasteiger partial charge < -0.3 is 14.2 Å². The summed E-state index contributed by atoms with van der Waals surface area (Å²) in [4.78, 5) is 37.9. The van der Waals surface area contributed by atoms with Crippen LogP contribution in [0.3, 0.4) is 0 Å². The first-order valence-electron chi connectivity index (χ1n) is 26.2. The lowest BCUT2D eigenvalue weighted by atomic mass is 10.0. The summed E-state index contributed by atoms with van der Waals surface area (Å²) in [5.74, 6) is -1.03. The van der Waals surface area contributed by atoms with Gasteiger partial charge in [0, 0.05) is 19.3 Å². The molecule has 0 saturated carbocycles. The predicted molar refractivity (Wildman–Crippen MR) is 274 cm³/mol. The molecule has 0 aliphatic carbocycles. The average Bonchev–Trinajstić information content (AvgIpc) is 3.29. The van der Waals surface area contributed by atoms with E-state index in [4.69, 9.17) is 14.2 Å². The second-order valence-electron chi connectivity index (χ2n) is 17.1. The van der Waals surface area contributed by atoms with Crippen LogP contribution in [-0.2, 0) is 28.6 Å². The molecule has 64 heavy (non-hydrogen) atoms. The van der Waals surface area contributed by atoms with Crippen LogP contribution in [0.1, 0.15) is 233 Å². The Kier molecular flexibility index (Phi) is 49.0. The molecule has 0 unspecified atom stereocenters. The maximum Gasteiger partial charge on any atom is 0.306 e. The van der Waals surface area contributed by atoms with Gasteiger partial charge in [-0.2, -0.15) is 0 Å². The van der Waals surface area contributed by atoms with Crippen molar-refractivity contribution in [2.45, 2.75) is 239 Å². The molecule has 0 bridgehead atoms. The fourth-order valence-electron chi connectivity index (χ4n) is 6.90. The van der Waals surface area contributed by atoms with Gasteiger partial charge in [0.2, 0.25) is 0 Å². The third-order valence-corrected chi connectivity index (χ3v) is 10.8. The summed E-state index contributed by atoms with van der Waals surface area (Å²) >= 11 is 0. The third-order valence-electron chi connectivity index (χ3n) is 10.8. The summed E-state index contributed by atoms with van der Waals surface area (Å²) in [7, 11) is 0. The summed E-state index contributed by atoms with van der Waals surface area (Å²) in [6.45, 7) is 6.42. The Labute approximate surface area is 394 Å². The van der Waals surface area contributed by atoms with Gasteiger partial charge >= 0.3 is 17.9 Å². The van der Waals surface area contributed by atoms with Crippen LogP contribution >= 0.6 is 0 Å². The summed E-state index contributed by atoms with van der Waals surface area (Å²) in [6.07, 6.45) is 68.3. The van der Waals surface area contributed by atoms with E-state index in [-0.39, 0.29) is 44.0 Å². The molecule has 0 amide bonds. The van der Waals surface area contributed by atoms with Crippen molar-refractivity contribution < 1.29 is 28.6 Å². The van der Waals surface area contributed by atoms with Gasteiger partial charge in [0.25, 0.3) is 0 Å². The van der Waals surface area contributed by atoms with E-state index in [1.54, 1.807) is 0 Å². The first kappa shape index (κ1) is 60.3. The highest BCUT2D eigenvalue weighted by Crippen LogP contribution is 2.14. The molecule has 6 heteroatoms. The molecule has 0 radical (unpaired) electrons. The van der Waals surface area contributed by atoms with Gasteiger partial charge in [-0.15, -0.1) is 0 Å². The van der Waals surface area contributed by atoms with Crippen molar-refractivity contribution in [1.82, 2.24) is 0 Å². The molecule has 1 atom stereocenters. The minimum atomic E-state index is -0.826. The molecule has 364 valence electrons. The number of ether oxygens (including phenoxy) is 3. The van der Waals surface area contributed by atoms with Gasteiger partial charge in [0.15, 0.2) is 6.10 Å². The lowest BCUT2D eigenvalue weighted by Crippen LogP contribution is -2.30. The molecule has 0 heterocycles. The highest BCUT2D eigenvalue weighted by Gasteiger charge is 2.19. The number of allylic oxidation sites excluding steroid dienone is 16. The number of carbonyl (C=O) groups is 3. The Balaban J connectivity index is 4.55. The van der Waals surface area contributed by atoms with Crippen molar-refractivity contribution in [3.63, 3.8) is 0 Å². The molecule has 0 aliphatic heterocycles. The Morgan fingerprint density at radius 2 is 0.625 bits per heavy atom. The third kappa shape index (κ3) is 49.3. The molecule has 0 rings (SSSR count). The molecule has 0 aromatic rings. The van der Waals surface area contributed by atoms with Crippen LogP contribution in [0.4, 0.5) is 0 Å². The lowest BCUT2D eigenvalue weighted by molar-refractivity contribution is -0.167. The van der Waals surface area contributed by atoms with Crippen molar-refractivity contribution in [2.24, 2.45) is 0 Å². The maximum absolute atomic E-state index is 12.8. The zero-order valence-electron chi connectivity index (χ0n) is 41.5. The quantitative estimate of drug-likeness (QED) is 0.0262. The number of rotatable bonds is 46. The summed E-state index contributed by atoms with van der Waals surface area (Å²) in [6, 6.07) is 0. The van der Waals surface area contributed by atoms with Crippen molar-refractivity contribution in [2.75, 3.05) is 13.2 Å². The number of unbranched alkanes of at least 4 members (excludes halogenated alkanes) is 19. The Morgan fingerprint density at radius 3 is 1.02 bits per heavy atom. The van der Waals surface area contributed by atoms with Crippen LogP contribution in [0.2, 0.25) is 0 Å². The number of hydrogen-bond donors (Lipinski definition) is 0. The van der Waals surface area contributed by atoms with Crippen LogP contribution in [0, 0.1) is 0 Å². The van der Waals surface area contributed by atoms with E-state index in [2.05, 4.69) is 118 Å². The van der Waals surface area contributed by atoms with E-state index >= 15 is 0 Å². The van der Waals surface area contributed by atoms with Gasteiger partial charge in [-0.3, -0.25) is 14.4 Å². The SMILES string of the molecule is CC/C=C\C/C=C\C/C=C\C/C=C\C/C=C\CCCC(=O)O[C@H](COC(=O)CCC/C=C\C/C=C\C/C=C\CCCCCCCC)COC(=O)CCCCCCCCCCCCCC. The van der Waals surface area contributed by atoms with Crippen LogP contribution in [0.15, 0.2) is 97.2 Å². The largest absolute Gasteiger partial charge is 0.462 e. The highest BCUT2D eigenvalue weighted by molar-refractivity contribution is 5.71. The number of hydrogen-bond acceptors (Lipinski definition) is 6. The van der Waals surface area contributed by atoms with Crippen molar-refractivity contribution >= 4 is 17.9 Å². The molecule has 0 aromatic heterocycles. The Hall–Kier alpha value is -3.67. The van der Waals surface area contributed by atoms with Crippen LogP contribution in [-0.4, -0.2) is 37.2 Å². The molecule has 6 nitrogen and oxygen atoms in total. The standard InChI is InChI=1S/C58H96O6/c1-4-7-10-13-16-19-22-25-27-29-31-33-36-39-42-45-48-51-57(60)63-54-55(53-62-56(59)50-47-44-41-38-35-24-21-18-15-12-9-6-3)64-58(61)52-49-46-43-40-37-34-32-30-28-26-23-20-17-14-11-8-5-2/h8,11,17,20,25-28,31-34,39-40,42-43,55H,4-7,9-10,12-16,18-19,21-24,29-30,35-38,41,44-54H2,1-3H3/b11-8-,20-17-,27-25-,28-26-,33-31-,34-32-,42-39-,43-40-/t55-/m0/s1. The van der Waals surface area contributed by atoms with E-state index in [0.29, 0.717) is 19.3 Å². The molecule has 0 saturated heterocycles. The first-order chi connectivity index (χ1) is 31.5. The normalized spacial score (nSPS) is 12.9. The summed E-state index contributed by atoms with van der Waals surface area (Å²) in [5.41, 5.74) is 0. The zero-order valence-corrected chi connectivity index (χ0v) is 41.5. The second kappa shape index (κ2) is 52.0. The van der Waals surface area contributed by atoms with E-state index in [1.807, 2.05) is 0 Å². The smallest absolute Gasteiger partial charge is 0.306 e. The summed E-state index contributed by atoms with van der Waals surface area (Å²) < 4.78 is 16.7. The van der Waals surface area contributed by atoms with E-state index in [1.165, 1.54) is 103 Å². The Bertz CT molecular complexity index is 1300. The molecule has 0 N–H and O–H groups in total. The van der Waals surface area contributed by atoms with E-state index < -0.39 is 6.10 Å². The number of carbonyl (C=O) groups excluding carboxylic acids is 3. The second-order valence-corrected chi connectivity index (χ2v) is 17.1. The molecule has 0 aliphatic rings. The number of esters is 3. The van der Waals surface area contributed by atoms with Crippen molar-refractivity contribution in [3.05, 3.63) is 97.2 Å². The molecule has 0 fully saturated rings. The monoisotopic (exact) mass is 889 g/mol. The molecule has 0 spiro atoms. The first-order valence-corrected chi connectivity index (χ1v) is 26.2. The van der Waals surface area contributed by atoms with Gasteiger partial charge in [-0.25, -0.2) is 0 Å². The fourth-order valence-corrected chi connectivity index (χ4v) is 6.90. The topological polar surface area (TPSA) is 78.9 Å². The van der Waals surface area contributed by atoms with Crippen molar-refractivity contribution in [3.8, 4) is 0 Å². The van der Waals surface area contributed by atoms with Gasteiger partial charge in [-0.05, 0) is 89.9 Å². The van der Waals surface area contributed by atoms with Crippen molar-refractivity contribution in [1.29, 1.82) is 0 Å². The molecular weight excluding hydrogens is 793 g/mol. The van der Waals surface area contributed by atoms with E-state index in [9.17, 15) is 14.4 Å². The molecular formula is C58H96O6. The highest BCUT2D eigenvalue weighted by atomic mass is 16.6. The summed E-state index contributed by atoms with van der Waals surface area (Å²) in [5, 5.41) is 0. The van der Waals surface area contributed by atoms with Gasteiger partial charge in [0.1, 0.15) is 13.2 Å². The minimum absolute atomic E-state index is 0.115. The zero-order chi connectivity index (χ0) is 46.5. The lowest BCUT2D eigenvalue weighted by Gasteiger charge is -2.18. The van der Waals surface area contributed by atoms with E-state index in [0.717, 1.165) is 77.0 Å². The van der Waals surface area contributed by atoms with Gasteiger partial charge in [0.05, 0.1) is 0 Å². The van der Waals surface area contributed by atoms with Crippen LogP contribution in [0.5, 0.6) is 0 Å².